The number of para-hydroxylation sites is 1. The lowest BCUT2D eigenvalue weighted by molar-refractivity contribution is 0.0953. The van der Waals surface area contributed by atoms with Gasteiger partial charge in [-0.1, -0.05) is 35.9 Å². The molecule has 1 amide bonds. The van der Waals surface area contributed by atoms with Crippen LogP contribution in [-0.4, -0.2) is 22.4 Å². The van der Waals surface area contributed by atoms with Crippen LogP contribution in [0.3, 0.4) is 0 Å². The van der Waals surface area contributed by atoms with Crippen molar-refractivity contribution >= 4 is 29.1 Å². The second-order valence-electron chi connectivity index (χ2n) is 5.71. The summed E-state index contributed by atoms with van der Waals surface area (Å²) in [7, 11) is 0. The van der Waals surface area contributed by atoms with Crippen molar-refractivity contribution < 1.29 is 4.79 Å². The van der Waals surface area contributed by atoms with Gasteiger partial charge in [-0.3, -0.25) is 4.79 Å². The van der Waals surface area contributed by atoms with E-state index in [-0.39, 0.29) is 5.91 Å². The highest BCUT2D eigenvalue weighted by molar-refractivity contribution is 6.30. The largest absolute Gasteiger partial charge is 0.352 e. The molecule has 27 heavy (non-hydrogen) atoms. The molecule has 0 bridgehead atoms. The van der Waals surface area contributed by atoms with Gasteiger partial charge in [-0.15, -0.1) is 0 Å². The number of amides is 1. The molecule has 2 N–H and O–H groups in total. The molecule has 0 unspecified atom stereocenters. The van der Waals surface area contributed by atoms with E-state index in [1.165, 1.54) is 12.4 Å². The number of nitrogens with zero attached hydrogens (tertiary/aromatic N) is 3. The molecule has 3 rings (SSSR count). The molecule has 0 saturated carbocycles. The van der Waals surface area contributed by atoms with E-state index in [1.807, 2.05) is 30.3 Å². The maximum atomic E-state index is 12.2. The number of rotatable bonds is 6. The second-order valence-corrected chi connectivity index (χ2v) is 6.15. The van der Waals surface area contributed by atoms with Gasteiger partial charge in [-0.2, -0.15) is 5.26 Å². The summed E-state index contributed by atoms with van der Waals surface area (Å²) < 4.78 is 0. The predicted molar refractivity (Wildman–Crippen MR) is 104 cm³/mol. The topological polar surface area (TPSA) is 90.7 Å². The zero-order valence-electron chi connectivity index (χ0n) is 14.3. The van der Waals surface area contributed by atoms with Crippen LogP contribution in [0, 0.1) is 11.3 Å². The third kappa shape index (κ3) is 5.03. The number of halogens is 1. The number of hydrogen-bond acceptors (Lipinski definition) is 5. The number of nitrogens with one attached hydrogen (secondary N) is 2. The van der Waals surface area contributed by atoms with Crippen LogP contribution in [0.5, 0.6) is 0 Å². The molecule has 0 radical (unpaired) electrons. The van der Waals surface area contributed by atoms with Crippen molar-refractivity contribution in [3.63, 3.8) is 0 Å². The minimum atomic E-state index is -0.243. The molecule has 3 aromatic rings. The van der Waals surface area contributed by atoms with Gasteiger partial charge in [0, 0.05) is 24.0 Å². The zero-order chi connectivity index (χ0) is 19.1. The Labute approximate surface area is 161 Å². The number of carbonyl (C=O) groups excluding carboxylic acids is 1. The van der Waals surface area contributed by atoms with E-state index >= 15 is 0 Å². The van der Waals surface area contributed by atoms with Crippen molar-refractivity contribution in [1.29, 1.82) is 5.26 Å². The number of carbonyl (C=O) groups is 1. The van der Waals surface area contributed by atoms with Gasteiger partial charge in [0.15, 0.2) is 0 Å². The minimum Gasteiger partial charge on any atom is -0.352 e. The maximum absolute atomic E-state index is 12.2. The Kier molecular flexibility index (Phi) is 5.98. The van der Waals surface area contributed by atoms with E-state index in [1.54, 1.807) is 18.2 Å². The smallest absolute Gasteiger partial charge is 0.254 e. The molecule has 1 heterocycles. The SMILES string of the molecule is N#Cc1ccccc1Nc1ncc(C(=O)NCCc2ccc(Cl)cc2)cn1. The van der Waals surface area contributed by atoms with Gasteiger partial charge < -0.3 is 10.6 Å². The van der Waals surface area contributed by atoms with E-state index in [0.717, 1.165) is 5.56 Å². The average Bonchev–Trinajstić information content (AvgIpc) is 2.70. The molecule has 7 heteroatoms. The van der Waals surface area contributed by atoms with Gasteiger partial charge in [-0.05, 0) is 36.2 Å². The maximum Gasteiger partial charge on any atom is 0.254 e. The summed E-state index contributed by atoms with van der Waals surface area (Å²) in [4.78, 5) is 20.5. The minimum absolute atomic E-state index is 0.243. The van der Waals surface area contributed by atoms with Crippen molar-refractivity contribution in [2.75, 3.05) is 11.9 Å². The summed E-state index contributed by atoms with van der Waals surface area (Å²) in [6.45, 7) is 0.496. The third-order valence-corrected chi connectivity index (χ3v) is 4.07. The second kappa shape index (κ2) is 8.79. The normalized spacial score (nSPS) is 10.1. The van der Waals surface area contributed by atoms with E-state index in [0.29, 0.717) is 40.8 Å². The molecule has 2 aromatic carbocycles. The molecule has 6 nitrogen and oxygen atoms in total. The van der Waals surface area contributed by atoms with Crippen LogP contribution in [0.1, 0.15) is 21.5 Å². The molecule has 0 aliphatic rings. The number of nitriles is 1. The molecule has 0 fully saturated rings. The van der Waals surface area contributed by atoms with Crippen LogP contribution in [0.4, 0.5) is 11.6 Å². The standard InChI is InChI=1S/C20H16ClN5O/c21-17-7-5-14(6-8-17)9-10-23-19(27)16-12-24-20(25-13-16)26-18-4-2-1-3-15(18)11-22/h1-8,12-13H,9-10H2,(H,23,27)(H,24,25,26). The molecule has 1 aromatic heterocycles. The molecule has 0 spiro atoms. The van der Waals surface area contributed by atoms with E-state index < -0.39 is 0 Å². The van der Waals surface area contributed by atoms with Crippen LogP contribution in [-0.2, 0) is 6.42 Å². The van der Waals surface area contributed by atoms with Crippen molar-refractivity contribution in [1.82, 2.24) is 15.3 Å². The molecular weight excluding hydrogens is 362 g/mol. The van der Waals surface area contributed by atoms with Crippen LogP contribution < -0.4 is 10.6 Å². The fourth-order valence-corrected chi connectivity index (χ4v) is 2.52. The lowest BCUT2D eigenvalue weighted by atomic mass is 10.1. The zero-order valence-corrected chi connectivity index (χ0v) is 15.1. The predicted octanol–water partition coefficient (Wildman–Crippen LogP) is 3.72. The van der Waals surface area contributed by atoms with Gasteiger partial charge in [0.05, 0.1) is 16.8 Å². The highest BCUT2D eigenvalue weighted by Gasteiger charge is 2.08. The first-order valence-corrected chi connectivity index (χ1v) is 8.64. The van der Waals surface area contributed by atoms with Gasteiger partial charge >= 0.3 is 0 Å². The van der Waals surface area contributed by atoms with Crippen LogP contribution >= 0.6 is 11.6 Å². The number of hydrogen-bond donors (Lipinski definition) is 2. The summed E-state index contributed by atoms with van der Waals surface area (Å²) >= 11 is 5.85. The van der Waals surface area contributed by atoms with E-state index in [9.17, 15) is 4.79 Å². The van der Waals surface area contributed by atoms with Crippen LogP contribution in [0.25, 0.3) is 0 Å². The quantitative estimate of drug-likeness (QED) is 0.683. The van der Waals surface area contributed by atoms with Crippen LogP contribution in [0.2, 0.25) is 5.02 Å². The first kappa shape index (κ1) is 18.4. The Hall–Kier alpha value is -3.43. The Balaban J connectivity index is 1.55. The fourth-order valence-electron chi connectivity index (χ4n) is 2.39. The van der Waals surface area contributed by atoms with Gasteiger partial charge in [0.2, 0.25) is 5.95 Å². The Morgan fingerprint density at radius 2 is 1.78 bits per heavy atom. The van der Waals surface area contributed by atoms with Crippen molar-refractivity contribution in [3.05, 3.63) is 82.6 Å². The van der Waals surface area contributed by atoms with Crippen molar-refractivity contribution in [2.45, 2.75) is 6.42 Å². The van der Waals surface area contributed by atoms with Crippen molar-refractivity contribution in [3.8, 4) is 6.07 Å². The molecule has 0 aliphatic heterocycles. The van der Waals surface area contributed by atoms with Gasteiger partial charge in [0.25, 0.3) is 5.91 Å². The average molecular weight is 378 g/mol. The highest BCUT2D eigenvalue weighted by atomic mass is 35.5. The lowest BCUT2D eigenvalue weighted by Crippen LogP contribution is -2.26. The summed E-state index contributed by atoms with van der Waals surface area (Å²) in [5, 5.41) is 15.6. The summed E-state index contributed by atoms with van der Waals surface area (Å²) in [6, 6.07) is 16.6. The molecule has 0 aliphatic carbocycles. The number of anilines is 2. The van der Waals surface area contributed by atoms with Crippen LogP contribution in [0.15, 0.2) is 60.9 Å². The monoisotopic (exact) mass is 377 g/mol. The Morgan fingerprint density at radius 3 is 2.48 bits per heavy atom. The molecule has 0 saturated heterocycles. The summed E-state index contributed by atoms with van der Waals surface area (Å²) in [5.41, 5.74) is 2.56. The molecule has 0 atom stereocenters. The molecule has 134 valence electrons. The number of benzene rings is 2. The van der Waals surface area contributed by atoms with Gasteiger partial charge in [-0.25, -0.2) is 9.97 Å². The number of aromatic nitrogens is 2. The van der Waals surface area contributed by atoms with Gasteiger partial charge in [0.1, 0.15) is 6.07 Å². The third-order valence-electron chi connectivity index (χ3n) is 3.82. The fraction of sp³-hybridized carbons (Fsp3) is 0.100. The summed E-state index contributed by atoms with van der Waals surface area (Å²) in [5.74, 6) is 0.0725. The Bertz CT molecular complexity index is 965. The Morgan fingerprint density at radius 1 is 1.07 bits per heavy atom. The van der Waals surface area contributed by atoms with E-state index in [2.05, 4.69) is 26.7 Å². The first-order chi connectivity index (χ1) is 13.2. The van der Waals surface area contributed by atoms with E-state index in [4.69, 9.17) is 16.9 Å². The molecular formula is C20H16ClN5O. The van der Waals surface area contributed by atoms with Crippen molar-refractivity contribution in [2.24, 2.45) is 0 Å². The lowest BCUT2D eigenvalue weighted by Gasteiger charge is -2.08. The highest BCUT2D eigenvalue weighted by Crippen LogP contribution is 2.17. The first-order valence-electron chi connectivity index (χ1n) is 8.26. The summed E-state index contributed by atoms with van der Waals surface area (Å²) in [6.07, 6.45) is 3.60.